The Hall–Kier alpha value is -4.20. The SMILES string of the molecule is Cc1cc(C=C2NC(=O)N(c3ccccc3)C2=O)c(C)n1-c1ccc([N+](=O)[O-])cc1. The average molecular weight is 402 g/mol. The van der Waals surface area contributed by atoms with Crippen molar-refractivity contribution in [3.8, 4) is 5.69 Å². The lowest BCUT2D eigenvalue weighted by Crippen LogP contribution is -2.30. The third-order valence-electron chi connectivity index (χ3n) is 4.98. The molecule has 1 N–H and O–H groups in total. The summed E-state index contributed by atoms with van der Waals surface area (Å²) in [5, 5.41) is 13.5. The largest absolute Gasteiger partial charge is 0.333 e. The lowest BCUT2D eigenvalue weighted by Gasteiger charge is -2.11. The molecule has 1 saturated heterocycles. The first-order valence-corrected chi connectivity index (χ1v) is 9.23. The molecule has 0 radical (unpaired) electrons. The maximum atomic E-state index is 12.8. The Kier molecular flexibility index (Phi) is 4.67. The van der Waals surface area contributed by atoms with Crippen molar-refractivity contribution >= 4 is 29.4 Å². The Morgan fingerprint density at radius 3 is 2.27 bits per heavy atom. The highest BCUT2D eigenvalue weighted by Crippen LogP contribution is 2.26. The Morgan fingerprint density at radius 2 is 1.63 bits per heavy atom. The van der Waals surface area contributed by atoms with Crippen LogP contribution in [0.4, 0.5) is 16.2 Å². The molecule has 0 saturated carbocycles. The molecule has 0 atom stereocenters. The fourth-order valence-electron chi connectivity index (χ4n) is 3.56. The van der Waals surface area contributed by atoms with Crippen molar-refractivity contribution < 1.29 is 14.5 Å². The van der Waals surface area contributed by atoms with Gasteiger partial charge in [-0.25, -0.2) is 9.69 Å². The Morgan fingerprint density at radius 1 is 0.967 bits per heavy atom. The van der Waals surface area contributed by atoms with E-state index in [9.17, 15) is 19.7 Å². The number of aryl methyl sites for hydroxylation is 1. The van der Waals surface area contributed by atoms with Crippen molar-refractivity contribution in [2.24, 2.45) is 0 Å². The van der Waals surface area contributed by atoms with Gasteiger partial charge >= 0.3 is 6.03 Å². The number of benzene rings is 2. The van der Waals surface area contributed by atoms with Crippen molar-refractivity contribution in [3.05, 3.63) is 93.4 Å². The number of imide groups is 1. The van der Waals surface area contributed by atoms with Crippen LogP contribution in [0.5, 0.6) is 0 Å². The molecule has 8 nitrogen and oxygen atoms in total. The molecule has 2 aromatic carbocycles. The summed E-state index contributed by atoms with van der Waals surface area (Å²) in [6, 6.07) is 16.4. The van der Waals surface area contributed by atoms with Crippen LogP contribution in [0.1, 0.15) is 17.0 Å². The molecule has 150 valence electrons. The van der Waals surface area contributed by atoms with Crippen LogP contribution in [0.3, 0.4) is 0 Å². The van der Waals surface area contributed by atoms with Crippen molar-refractivity contribution in [3.63, 3.8) is 0 Å². The topological polar surface area (TPSA) is 97.5 Å². The van der Waals surface area contributed by atoms with Crippen molar-refractivity contribution in [1.82, 2.24) is 9.88 Å². The first-order valence-electron chi connectivity index (χ1n) is 9.23. The van der Waals surface area contributed by atoms with Gasteiger partial charge in [-0.15, -0.1) is 0 Å². The Balaban J connectivity index is 1.68. The molecule has 0 spiro atoms. The maximum Gasteiger partial charge on any atom is 0.333 e. The first kappa shape index (κ1) is 19.1. The van der Waals surface area contributed by atoms with E-state index < -0.39 is 16.9 Å². The van der Waals surface area contributed by atoms with E-state index in [1.165, 1.54) is 12.1 Å². The number of carbonyl (C=O) groups is 2. The number of anilines is 1. The van der Waals surface area contributed by atoms with Crippen LogP contribution in [0.2, 0.25) is 0 Å². The molecule has 1 fully saturated rings. The molecule has 2 heterocycles. The van der Waals surface area contributed by atoms with Gasteiger partial charge in [0.2, 0.25) is 0 Å². The number of nitro groups is 1. The van der Waals surface area contributed by atoms with Crippen molar-refractivity contribution in [2.45, 2.75) is 13.8 Å². The van der Waals surface area contributed by atoms with Crippen LogP contribution in [0.15, 0.2) is 66.4 Å². The van der Waals surface area contributed by atoms with Gasteiger partial charge in [0.15, 0.2) is 0 Å². The highest BCUT2D eigenvalue weighted by atomic mass is 16.6. The molecule has 0 aliphatic carbocycles. The molecule has 1 aliphatic rings. The lowest BCUT2D eigenvalue weighted by atomic mass is 10.2. The van der Waals surface area contributed by atoms with Gasteiger partial charge in [0.05, 0.1) is 10.6 Å². The number of amides is 3. The van der Waals surface area contributed by atoms with Crippen LogP contribution in [-0.4, -0.2) is 21.4 Å². The fraction of sp³-hybridized carbons (Fsp3) is 0.0909. The predicted octanol–water partition coefficient (Wildman–Crippen LogP) is 4.10. The monoisotopic (exact) mass is 402 g/mol. The Labute approximate surface area is 172 Å². The van der Waals surface area contributed by atoms with Gasteiger partial charge in [-0.3, -0.25) is 14.9 Å². The van der Waals surface area contributed by atoms with E-state index in [2.05, 4.69) is 5.32 Å². The normalized spacial score (nSPS) is 15.0. The molecule has 1 aromatic heterocycles. The second kappa shape index (κ2) is 7.32. The zero-order valence-corrected chi connectivity index (χ0v) is 16.3. The third kappa shape index (κ3) is 3.24. The summed E-state index contributed by atoms with van der Waals surface area (Å²) >= 11 is 0. The van der Waals surface area contributed by atoms with Crippen LogP contribution in [0, 0.1) is 24.0 Å². The third-order valence-corrected chi connectivity index (χ3v) is 4.98. The van der Waals surface area contributed by atoms with Crippen LogP contribution >= 0.6 is 0 Å². The molecule has 0 unspecified atom stereocenters. The van der Waals surface area contributed by atoms with E-state index in [0.717, 1.165) is 27.5 Å². The van der Waals surface area contributed by atoms with Gasteiger partial charge in [0, 0.05) is 29.2 Å². The number of hydrogen-bond acceptors (Lipinski definition) is 4. The molecule has 1 aliphatic heterocycles. The minimum atomic E-state index is -0.498. The smallest absolute Gasteiger partial charge is 0.318 e. The molecular formula is C22H18N4O4. The number of nitrogens with zero attached hydrogens (tertiary/aromatic N) is 3. The van der Waals surface area contributed by atoms with E-state index >= 15 is 0 Å². The Bertz CT molecular complexity index is 1190. The van der Waals surface area contributed by atoms with Crippen molar-refractivity contribution in [2.75, 3.05) is 4.90 Å². The van der Waals surface area contributed by atoms with Crippen LogP contribution in [-0.2, 0) is 4.79 Å². The van der Waals surface area contributed by atoms with E-state index in [4.69, 9.17) is 0 Å². The second-order valence-corrected chi connectivity index (χ2v) is 6.90. The number of rotatable bonds is 4. The van der Waals surface area contributed by atoms with Gasteiger partial charge in [-0.1, -0.05) is 18.2 Å². The first-order chi connectivity index (χ1) is 14.4. The highest BCUT2D eigenvalue weighted by molar-refractivity contribution is 6.28. The fourth-order valence-corrected chi connectivity index (χ4v) is 3.56. The summed E-state index contributed by atoms with van der Waals surface area (Å²) < 4.78 is 1.94. The number of nitro benzene ring substituents is 1. The molecule has 0 bridgehead atoms. The summed E-state index contributed by atoms with van der Waals surface area (Å²) in [6.07, 6.45) is 1.65. The van der Waals surface area contributed by atoms with E-state index in [1.54, 1.807) is 42.5 Å². The summed E-state index contributed by atoms with van der Waals surface area (Å²) in [4.78, 5) is 36.7. The molecule has 3 aromatic rings. The van der Waals surface area contributed by atoms with E-state index in [-0.39, 0.29) is 11.4 Å². The number of hydrogen-bond donors (Lipinski definition) is 1. The van der Waals surface area contributed by atoms with E-state index in [1.807, 2.05) is 30.5 Å². The van der Waals surface area contributed by atoms with Gasteiger partial charge in [0.1, 0.15) is 5.70 Å². The standard InChI is InChI=1S/C22H18N4O4/c1-14-12-16(15(2)24(14)18-8-10-19(11-9-18)26(29)30)13-20-21(27)25(22(28)23-20)17-6-4-3-5-7-17/h3-13H,1-2H3,(H,23,28). The zero-order valence-electron chi connectivity index (χ0n) is 16.3. The lowest BCUT2D eigenvalue weighted by molar-refractivity contribution is -0.384. The average Bonchev–Trinajstić information content (AvgIpc) is 3.17. The quantitative estimate of drug-likeness (QED) is 0.307. The molecule has 8 heteroatoms. The van der Waals surface area contributed by atoms with E-state index in [0.29, 0.717) is 5.69 Å². The zero-order chi connectivity index (χ0) is 21.4. The number of carbonyl (C=O) groups excluding carboxylic acids is 2. The highest BCUT2D eigenvalue weighted by Gasteiger charge is 2.34. The number of para-hydroxylation sites is 1. The van der Waals surface area contributed by atoms with Gasteiger partial charge in [-0.05, 0) is 55.8 Å². The summed E-state index contributed by atoms with van der Waals surface area (Å²) in [5.74, 6) is -0.425. The maximum absolute atomic E-state index is 12.8. The number of nitrogens with one attached hydrogen (secondary N) is 1. The van der Waals surface area contributed by atoms with Gasteiger partial charge in [-0.2, -0.15) is 0 Å². The van der Waals surface area contributed by atoms with Gasteiger partial charge < -0.3 is 9.88 Å². The molecule has 30 heavy (non-hydrogen) atoms. The summed E-state index contributed by atoms with van der Waals surface area (Å²) in [5.41, 5.74) is 3.98. The molecule has 4 rings (SSSR count). The predicted molar refractivity (Wildman–Crippen MR) is 112 cm³/mol. The number of non-ortho nitro benzene ring substituents is 1. The summed E-state index contributed by atoms with van der Waals surface area (Å²) in [7, 11) is 0. The van der Waals surface area contributed by atoms with Gasteiger partial charge in [0.25, 0.3) is 11.6 Å². The minimum Gasteiger partial charge on any atom is -0.318 e. The summed E-state index contributed by atoms with van der Waals surface area (Å²) in [6.45, 7) is 3.79. The minimum absolute atomic E-state index is 0.0174. The van der Waals surface area contributed by atoms with Crippen LogP contribution < -0.4 is 10.2 Å². The molecule has 3 amide bonds. The second-order valence-electron chi connectivity index (χ2n) is 6.90. The number of aromatic nitrogens is 1. The van der Waals surface area contributed by atoms with Crippen molar-refractivity contribution in [1.29, 1.82) is 0 Å². The molecular weight excluding hydrogens is 384 g/mol. The number of urea groups is 1. The van der Waals surface area contributed by atoms with Crippen LogP contribution in [0.25, 0.3) is 11.8 Å².